The molecule has 0 saturated carbocycles. The van der Waals surface area contributed by atoms with E-state index in [1.54, 1.807) is 19.4 Å². The highest BCUT2D eigenvalue weighted by atomic mass is 16.5. The number of piperidine rings is 1. The molecule has 0 bridgehead atoms. The van der Waals surface area contributed by atoms with Crippen molar-refractivity contribution in [3.05, 3.63) is 18.0 Å². The van der Waals surface area contributed by atoms with Gasteiger partial charge < -0.3 is 15.4 Å². The molecule has 18 heavy (non-hydrogen) atoms. The number of rotatable bonds is 4. The average Bonchev–Trinajstić information content (AvgIpc) is 2.39. The number of nitrogens with one attached hydrogen (secondary N) is 1. The Bertz CT molecular complexity index is 421. The number of nitrogens with two attached hydrogens (primary N) is 1. The second kappa shape index (κ2) is 5.77. The number of aromatic nitrogens is 2. The highest BCUT2D eigenvalue weighted by molar-refractivity contribution is 5.93. The van der Waals surface area contributed by atoms with Gasteiger partial charge in [0.25, 0.3) is 0 Å². The number of amidine groups is 1. The van der Waals surface area contributed by atoms with E-state index in [0.29, 0.717) is 17.6 Å². The van der Waals surface area contributed by atoms with Crippen LogP contribution in [-0.2, 0) is 4.74 Å². The molecule has 2 heterocycles. The van der Waals surface area contributed by atoms with E-state index in [0.717, 1.165) is 26.1 Å². The fourth-order valence-corrected chi connectivity index (χ4v) is 2.27. The second-order valence-electron chi connectivity index (χ2n) is 4.57. The van der Waals surface area contributed by atoms with Crippen molar-refractivity contribution in [3.8, 4) is 0 Å². The van der Waals surface area contributed by atoms with Crippen molar-refractivity contribution in [3.63, 3.8) is 0 Å². The van der Waals surface area contributed by atoms with Crippen LogP contribution in [0.3, 0.4) is 0 Å². The topological polar surface area (TPSA) is 88.1 Å². The number of nitrogens with zero attached hydrogens (tertiary/aromatic N) is 3. The lowest BCUT2D eigenvalue weighted by atomic mass is 9.99. The lowest BCUT2D eigenvalue weighted by molar-refractivity contribution is 0.143. The fraction of sp³-hybridized carbons (Fsp3) is 0.583. The minimum atomic E-state index is -0.0240. The van der Waals surface area contributed by atoms with Crippen LogP contribution in [0.1, 0.15) is 18.5 Å². The highest BCUT2D eigenvalue weighted by Crippen LogP contribution is 2.20. The van der Waals surface area contributed by atoms with E-state index in [2.05, 4.69) is 14.9 Å². The first-order valence-corrected chi connectivity index (χ1v) is 6.12. The van der Waals surface area contributed by atoms with Gasteiger partial charge in [0.2, 0.25) is 5.95 Å². The summed E-state index contributed by atoms with van der Waals surface area (Å²) in [4.78, 5) is 10.7. The van der Waals surface area contributed by atoms with Crippen molar-refractivity contribution >= 4 is 11.8 Å². The molecule has 1 saturated heterocycles. The summed E-state index contributed by atoms with van der Waals surface area (Å²) in [5, 5.41) is 7.40. The summed E-state index contributed by atoms with van der Waals surface area (Å²) in [6.07, 6.45) is 3.94. The van der Waals surface area contributed by atoms with Crippen LogP contribution in [0.5, 0.6) is 0 Å². The zero-order chi connectivity index (χ0) is 13.0. The molecule has 6 heteroatoms. The van der Waals surface area contributed by atoms with Crippen molar-refractivity contribution in [1.29, 1.82) is 5.41 Å². The van der Waals surface area contributed by atoms with Crippen LogP contribution < -0.4 is 10.6 Å². The van der Waals surface area contributed by atoms with Crippen LogP contribution >= 0.6 is 0 Å². The molecule has 2 rings (SSSR count). The minimum Gasteiger partial charge on any atom is -0.384 e. The van der Waals surface area contributed by atoms with Gasteiger partial charge in [-0.25, -0.2) is 9.97 Å². The Morgan fingerprint density at radius 3 is 3.22 bits per heavy atom. The van der Waals surface area contributed by atoms with Crippen molar-refractivity contribution in [1.82, 2.24) is 9.97 Å². The van der Waals surface area contributed by atoms with E-state index in [4.69, 9.17) is 15.9 Å². The van der Waals surface area contributed by atoms with Gasteiger partial charge in [-0.3, -0.25) is 5.41 Å². The summed E-state index contributed by atoms with van der Waals surface area (Å²) in [6, 6.07) is 1.66. The SMILES string of the molecule is COCC1CCCN(c2nccc(C(=N)N)n2)C1. The number of hydrogen-bond acceptors (Lipinski definition) is 5. The molecule has 1 aromatic rings. The van der Waals surface area contributed by atoms with E-state index in [1.165, 1.54) is 6.42 Å². The quantitative estimate of drug-likeness (QED) is 0.603. The van der Waals surface area contributed by atoms with Gasteiger partial charge in [0, 0.05) is 26.4 Å². The maximum atomic E-state index is 7.40. The molecule has 0 aliphatic carbocycles. The van der Waals surface area contributed by atoms with Crippen LogP contribution in [0.15, 0.2) is 12.3 Å². The van der Waals surface area contributed by atoms with Crippen LogP contribution in [0.2, 0.25) is 0 Å². The Kier molecular flexibility index (Phi) is 4.09. The Morgan fingerprint density at radius 1 is 1.67 bits per heavy atom. The number of hydrogen-bond donors (Lipinski definition) is 2. The molecule has 0 radical (unpaired) electrons. The Hall–Kier alpha value is -1.69. The molecule has 1 fully saturated rings. The van der Waals surface area contributed by atoms with E-state index >= 15 is 0 Å². The third-order valence-electron chi connectivity index (χ3n) is 3.12. The van der Waals surface area contributed by atoms with E-state index in [-0.39, 0.29) is 5.84 Å². The predicted octanol–water partition coefficient (Wildman–Crippen LogP) is 0.623. The number of anilines is 1. The second-order valence-corrected chi connectivity index (χ2v) is 4.57. The van der Waals surface area contributed by atoms with Crippen LogP contribution in [0.25, 0.3) is 0 Å². The van der Waals surface area contributed by atoms with E-state index in [9.17, 15) is 0 Å². The van der Waals surface area contributed by atoms with Crippen molar-refractivity contribution in [2.75, 3.05) is 31.7 Å². The summed E-state index contributed by atoms with van der Waals surface area (Å²) in [7, 11) is 1.73. The monoisotopic (exact) mass is 249 g/mol. The van der Waals surface area contributed by atoms with Gasteiger partial charge in [-0.2, -0.15) is 0 Å². The van der Waals surface area contributed by atoms with Crippen LogP contribution in [-0.4, -0.2) is 42.6 Å². The van der Waals surface area contributed by atoms with Gasteiger partial charge in [-0.1, -0.05) is 0 Å². The third kappa shape index (κ3) is 2.95. The maximum Gasteiger partial charge on any atom is 0.225 e. The Labute approximate surface area is 107 Å². The summed E-state index contributed by atoms with van der Waals surface area (Å²) >= 11 is 0. The van der Waals surface area contributed by atoms with Gasteiger partial charge in [-0.05, 0) is 24.8 Å². The summed E-state index contributed by atoms with van der Waals surface area (Å²) < 4.78 is 5.21. The molecule has 0 spiro atoms. The molecular formula is C12H19N5O. The normalized spacial score (nSPS) is 19.8. The standard InChI is InChI=1S/C12H19N5O/c1-18-8-9-3-2-6-17(7-9)12-15-5-4-10(16-12)11(13)14/h4-5,9H,2-3,6-8H2,1H3,(H3,13,14). The van der Waals surface area contributed by atoms with E-state index < -0.39 is 0 Å². The van der Waals surface area contributed by atoms with Crippen molar-refractivity contribution < 1.29 is 4.74 Å². The largest absolute Gasteiger partial charge is 0.384 e. The third-order valence-corrected chi connectivity index (χ3v) is 3.12. The van der Waals surface area contributed by atoms with Gasteiger partial charge in [0.1, 0.15) is 11.5 Å². The number of methoxy groups -OCH3 is 1. The number of nitrogen functional groups attached to an aromatic ring is 1. The lowest BCUT2D eigenvalue weighted by Gasteiger charge is -2.32. The molecule has 6 nitrogen and oxygen atoms in total. The van der Waals surface area contributed by atoms with Gasteiger partial charge in [-0.15, -0.1) is 0 Å². The predicted molar refractivity (Wildman–Crippen MR) is 69.9 cm³/mol. The molecule has 1 aliphatic rings. The molecule has 3 N–H and O–H groups in total. The molecule has 1 unspecified atom stereocenters. The smallest absolute Gasteiger partial charge is 0.225 e. The van der Waals surface area contributed by atoms with Crippen molar-refractivity contribution in [2.24, 2.45) is 11.7 Å². The molecular weight excluding hydrogens is 230 g/mol. The minimum absolute atomic E-state index is 0.0240. The fourth-order valence-electron chi connectivity index (χ4n) is 2.27. The molecule has 1 atom stereocenters. The Balaban J connectivity index is 2.10. The summed E-state index contributed by atoms with van der Waals surface area (Å²) in [6.45, 7) is 2.61. The zero-order valence-electron chi connectivity index (χ0n) is 10.6. The summed E-state index contributed by atoms with van der Waals surface area (Å²) in [5.41, 5.74) is 5.92. The van der Waals surface area contributed by atoms with Gasteiger partial charge >= 0.3 is 0 Å². The molecule has 0 aromatic carbocycles. The zero-order valence-corrected chi connectivity index (χ0v) is 10.6. The Morgan fingerprint density at radius 2 is 2.50 bits per heavy atom. The highest BCUT2D eigenvalue weighted by Gasteiger charge is 2.21. The molecule has 98 valence electrons. The maximum absolute atomic E-state index is 7.40. The van der Waals surface area contributed by atoms with E-state index in [1.807, 2.05) is 0 Å². The van der Waals surface area contributed by atoms with Crippen LogP contribution in [0.4, 0.5) is 5.95 Å². The molecule has 1 aromatic heterocycles. The van der Waals surface area contributed by atoms with Gasteiger partial charge in [0.15, 0.2) is 0 Å². The van der Waals surface area contributed by atoms with Crippen molar-refractivity contribution in [2.45, 2.75) is 12.8 Å². The molecule has 0 amide bonds. The lowest BCUT2D eigenvalue weighted by Crippen LogP contribution is -2.38. The van der Waals surface area contributed by atoms with Crippen LogP contribution in [0, 0.1) is 11.3 Å². The first-order valence-electron chi connectivity index (χ1n) is 6.12. The average molecular weight is 249 g/mol. The number of ether oxygens (including phenoxy) is 1. The first kappa shape index (κ1) is 12.8. The first-order chi connectivity index (χ1) is 8.70. The molecule has 1 aliphatic heterocycles. The summed E-state index contributed by atoms with van der Waals surface area (Å²) in [5.74, 6) is 1.15. The van der Waals surface area contributed by atoms with Gasteiger partial charge in [0.05, 0.1) is 6.61 Å².